The van der Waals surface area contributed by atoms with Gasteiger partial charge in [0.15, 0.2) is 0 Å². The molecule has 2 saturated carbocycles. The van der Waals surface area contributed by atoms with Crippen molar-refractivity contribution in [3.05, 3.63) is 18.0 Å². The van der Waals surface area contributed by atoms with Crippen LogP contribution in [-0.4, -0.2) is 34.8 Å². The maximum absolute atomic E-state index is 12.7. The van der Waals surface area contributed by atoms with Crippen molar-refractivity contribution in [1.82, 2.24) is 15.1 Å². The molecule has 3 rings (SSSR count). The normalized spacial score (nSPS) is 25.2. The smallest absolute Gasteiger partial charge is 0.310 e. The Morgan fingerprint density at radius 3 is 2.48 bits per heavy atom. The van der Waals surface area contributed by atoms with E-state index in [9.17, 15) is 9.59 Å². The van der Waals surface area contributed by atoms with Crippen molar-refractivity contribution in [3.8, 4) is 0 Å². The van der Waals surface area contributed by atoms with E-state index in [4.69, 9.17) is 4.74 Å². The summed E-state index contributed by atoms with van der Waals surface area (Å²) in [5.74, 6) is -0.599. The highest BCUT2D eigenvalue weighted by Gasteiger charge is 2.32. The van der Waals surface area contributed by atoms with Crippen LogP contribution in [-0.2, 0) is 9.53 Å². The number of rotatable bonds is 4. The van der Waals surface area contributed by atoms with Crippen molar-refractivity contribution in [3.63, 3.8) is 0 Å². The highest BCUT2D eigenvalue weighted by atomic mass is 16.5. The molecule has 6 nitrogen and oxygen atoms in total. The van der Waals surface area contributed by atoms with Crippen LogP contribution in [0, 0.1) is 5.92 Å². The first-order valence-electron chi connectivity index (χ1n) is 9.62. The van der Waals surface area contributed by atoms with Crippen LogP contribution in [0.1, 0.15) is 80.6 Å². The first-order valence-corrected chi connectivity index (χ1v) is 9.62. The number of hydrogen-bond donors (Lipinski definition) is 1. The molecule has 1 aromatic heterocycles. The summed E-state index contributed by atoms with van der Waals surface area (Å²) < 4.78 is 6.88. The number of carbonyl (C=O) groups is 2. The van der Waals surface area contributed by atoms with Crippen LogP contribution in [0.5, 0.6) is 0 Å². The number of ether oxygens (including phenoxy) is 1. The molecule has 2 aliphatic rings. The van der Waals surface area contributed by atoms with Crippen molar-refractivity contribution in [2.75, 3.05) is 7.11 Å². The Hall–Kier alpha value is -1.85. The summed E-state index contributed by atoms with van der Waals surface area (Å²) in [6.45, 7) is 0. The van der Waals surface area contributed by atoms with Crippen molar-refractivity contribution in [2.45, 2.75) is 76.3 Å². The lowest BCUT2D eigenvalue weighted by Gasteiger charge is -2.24. The van der Waals surface area contributed by atoms with Crippen molar-refractivity contribution < 1.29 is 14.3 Å². The van der Waals surface area contributed by atoms with Gasteiger partial charge in [0.25, 0.3) is 5.91 Å². The van der Waals surface area contributed by atoms with Gasteiger partial charge in [0.05, 0.1) is 30.8 Å². The number of aromatic nitrogens is 2. The van der Waals surface area contributed by atoms with Gasteiger partial charge in [0, 0.05) is 12.2 Å². The molecule has 0 radical (unpaired) electrons. The van der Waals surface area contributed by atoms with Gasteiger partial charge in [-0.2, -0.15) is 5.10 Å². The molecule has 6 heteroatoms. The fraction of sp³-hybridized carbons (Fsp3) is 0.737. The Morgan fingerprint density at radius 1 is 1.08 bits per heavy atom. The second-order valence-electron chi connectivity index (χ2n) is 7.35. The van der Waals surface area contributed by atoms with E-state index in [1.54, 1.807) is 6.20 Å². The summed E-state index contributed by atoms with van der Waals surface area (Å²) in [4.78, 5) is 24.7. The number of hydrogen-bond acceptors (Lipinski definition) is 4. The summed E-state index contributed by atoms with van der Waals surface area (Å²) in [5, 5.41) is 7.47. The molecule has 0 bridgehead atoms. The second-order valence-corrected chi connectivity index (χ2v) is 7.35. The topological polar surface area (TPSA) is 73.2 Å². The summed E-state index contributed by atoms with van der Waals surface area (Å²) in [6.07, 6.45) is 14.3. The van der Waals surface area contributed by atoms with Gasteiger partial charge in [0.2, 0.25) is 0 Å². The molecule has 0 aliphatic heterocycles. The first-order chi connectivity index (χ1) is 12.2. The number of methoxy groups -OCH3 is 1. The quantitative estimate of drug-likeness (QED) is 0.670. The minimum absolute atomic E-state index is 0.136. The lowest BCUT2D eigenvalue weighted by Crippen LogP contribution is -2.43. The molecule has 0 saturated heterocycles. The molecule has 1 N–H and O–H groups in total. The van der Waals surface area contributed by atoms with Crippen molar-refractivity contribution in [2.24, 2.45) is 5.92 Å². The van der Waals surface area contributed by atoms with E-state index >= 15 is 0 Å². The third-order valence-corrected chi connectivity index (χ3v) is 5.65. The molecule has 25 heavy (non-hydrogen) atoms. The Balaban J connectivity index is 1.65. The number of carbonyl (C=O) groups excluding carboxylic acids is 2. The summed E-state index contributed by atoms with van der Waals surface area (Å²) >= 11 is 0. The predicted molar refractivity (Wildman–Crippen MR) is 94.2 cm³/mol. The molecule has 1 heterocycles. The van der Waals surface area contributed by atoms with E-state index in [-0.39, 0.29) is 23.8 Å². The molecular formula is C19H29N3O3. The van der Waals surface area contributed by atoms with Gasteiger partial charge in [-0.1, -0.05) is 38.5 Å². The van der Waals surface area contributed by atoms with Gasteiger partial charge in [0.1, 0.15) is 0 Å². The maximum Gasteiger partial charge on any atom is 0.310 e. The van der Waals surface area contributed by atoms with Gasteiger partial charge in [-0.15, -0.1) is 0 Å². The van der Waals surface area contributed by atoms with Gasteiger partial charge < -0.3 is 10.1 Å². The van der Waals surface area contributed by atoms with Gasteiger partial charge in [-0.05, 0) is 25.7 Å². The van der Waals surface area contributed by atoms with E-state index in [1.165, 1.54) is 26.4 Å². The summed E-state index contributed by atoms with van der Waals surface area (Å²) in [5.41, 5.74) is 0.582. The van der Waals surface area contributed by atoms with Crippen LogP contribution < -0.4 is 5.32 Å². The van der Waals surface area contributed by atoms with E-state index in [2.05, 4.69) is 10.4 Å². The SMILES string of the molecule is COC(=O)[C@H]1CCCCC[C@@H]1NC(=O)c1cnn(C2CCCCC2)c1. The number of esters is 1. The number of amides is 1. The maximum atomic E-state index is 12.7. The Bertz CT molecular complexity index is 592. The Labute approximate surface area is 149 Å². The van der Waals surface area contributed by atoms with Gasteiger partial charge in [-0.25, -0.2) is 0 Å². The third kappa shape index (κ3) is 4.41. The molecule has 1 amide bonds. The van der Waals surface area contributed by atoms with Crippen molar-refractivity contribution in [1.29, 1.82) is 0 Å². The monoisotopic (exact) mass is 347 g/mol. The largest absolute Gasteiger partial charge is 0.469 e. The summed E-state index contributed by atoms with van der Waals surface area (Å²) in [7, 11) is 1.42. The summed E-state index contributed by atoms with van der Waals surface area (Å²) in [6, 6.07) is 0.261. The molecule has 0 unspecified atom stereocenters. The highest BCUT2D eigenvalue weighted by molar-refractivity contribution is 5.94. The molecule has 2 fully saturated rings. The minimum Gasteiger partial charge on any atom is -0.469 e. The lowest BCUT2D eigenvalue weighted by molar-refractivity contribution is -0.146. The Morgan fingerprint density at radius 2 is 1.76 bits per heavy atom. The molecule has 0 spiro atoms. The fourth-order valence-corrected chi connectivity index (χ4v) is 4.17. The number of nitrogens with zero attached hydrogens (tertiary/aromatic N) is 2. The molecule has 1 aromatic rings. The Kier molecular flexibility index (Phi) is 6.10. The number of nitrogens with one attached hydrogen (secondary N) is 1. The zero-order valence-electron chi connectivity index (χ0n) is 15.1. The van der Waals surface area contributed by atoms with Crippen LogP contribution in [0.3, 0.4) is 0 Å². The molecular weight excluding hydrogens is 318 g/mol. The van der Waals surface area contributed by atoms with Gasteiger partial charge >= 0.3 is 5.97 Å². The average molecular weight is 347 g/mol. The van der Waals surface area contributed by atoms with Crippen LogP contribution in [0.4, 0.5) is 0 Å². The molecule has 2 atom stereocenters. The van der Waals surface area contributed by atoms with E-state index in [1.807, 2.05) is 10.9 Å². The first kappa shape index (κ1) is 18.0. The van der Waals surface area contributed by atoms with Crippen LogP contribution >= 0.6 is 0 Å². The fourth-order valence-electron chi connectivity index (χ4n) is 4.17. The van der Waals surface area contributed by atoms with E-state index in [0.717, 1.165) is 44.9 Å². The van der Waals surface area contributed by atoms with Crippen LogP contribution in [0.15, 0.2) is 12.4 Å². The standard InChI is InChI=1S/C19H29N3O3/c1-25-19(24)16-10-6-3-7-11-17(16)21-18(23)14-12-20-22(13-14)15-8-4-2-5-9-15/h12-13,15-17H,2-11H2,1H3,(H,21,23)/t16-,17-/m0/s1. The molecule has 0 aromatic carbocycles. The predicted octanol–water partition coefficient (Wildman–Crippen LogP) is 3.24. The van der Waals surface area contributed by atoms with E-state index < -0.39 is 0 Å². The van der Waals surface area contributed by atoms with E-state index in [0.29, 0.717) is 11.6 Å². The van der Waals surface area contributed by atoms with Gasteiger partial charge in [-0.3, -0.25) is 14.3 Å². The molecule has 138 valence electrons. The van der Waals surface area contributed by atoms with Crippen molar-refractivity contribution >= 4 is 11.9 Å². The van der Waals surface area contributed by atoms with Crippen LogP contribution in [0.2, 0.25) is 0 Å². The molecule has 2 aliphatic carbocycles. The van der Waals surface area contributed by atoms with Crippen LogP contribution in [0.25, 0.3) is 0 Å². The third-order valence-electron chi connectivity index (χ3n) is 5.65. The minimum atomic E-state index is -0.246. The highest BCUT2D eigenvalue weighted by Crippen LogP contribution is 2.28. The zero-order valence-corrected chi connectivity index (χ0v) is 15.1. The average Bonchev–Trinajstić information content (AvgIpc) is 3.03. The lowest BCUT2D eigenvalue weighted by atomic mass is 9.94. The second kappa shape index (κ2) is 8.50. The zero-order chi connectivity index (χ0) is 17.6.